The van der Waals surface area contributed by atoms with Crippen LogP contribution >= 0.6 is 11.6 Å². The van der Waals surface area contributed by atoms with Gasteiger partial charge in [-0.2, -0.15) is 0 Å². The molecular formula is C14H21ClN4O. The number of nitrogens with zero attached hydrogens (tertiary/aromatic N) is 3. The fraction of sp³-hybridized carbons (Fsp3) is 0.500. The number of benzene rings is 1. The Hall–Kier alpha value is -1.46. The summed E-state index contributed by atoms with van der Waals surface area (Å²) in [6.07, 6.45) is 1.17. The zero-order chi connectivity index (χ0) is 14.5. The van der Waals surface area contributed by atoms with Crippen LogP contribution in [0.15, 0.2) is 23.4 Å². The van der Waals surface area contributed by atoms with E-state index in [2.05, 4.69) is 21.9 Å². The first-order valence-electron chi connectivity index (χ1n) is 6.91. The quantitative estimate of drug-likeness (QED) is 0.386. The standard InChI is InChI=1S/C14H21ClN4O/c1-2-6-18-7-9-19(10-8-18)12-5-3-4-11(15)13(12)14(16)17-20/h3-5,20H,2,6-10H2,1H3,(H2,16,17). The fourth-order valence-corrected chi connectivity index (χ4v) is 2.87. The summed E-state index contributed by atoms with van der Waals surface area (Å²) in [5.74, 6) is 0.0570. The molecule has 3 N–H and O–H groups in total. The van der Waals surface area contributed by atoms with Gasteiger partial charge in [0.2, 0.25) is 0 Å². The van der Waals surface area contributed by atoms with Gasteiger partial charge in [-0.25, -0.2) is 0 Å². The van der Waals surface area contributed by atoms with Crippen molar-refractivity contribution in [2.75, 3.05) is 37.6 Å². The molecule has 1 saturated heterocycles. The average Bonchev–Trinajstić information content (AvgIpc) is 2.47. The molecule has 1 heterocycles. The number of rotatable bonds is 4. The van der Waals surface area contributed by atoms with Gasteiger partial charge in [0.1, 0.15) is 0 Å². The van der Waals surface area contributed by atoms with Gasteiger partial charge in [-0.3, -0.25) is 4.90 Å². The van der Waals surface area contributed by atoms with Crippen molar-refractivity contribution in [2.45, 2.75) is 13.3 Å². The second-order valence-corrected chi connectivity index (χ2v) is 5.36. The molecule has 0 spiro atoms. The van der Waals surface area contributed by atoms with Crippen molar-refractivity contribution in [3.63, 3.8) is 0 Å². The van der Waals surface area contributed by atoms with Gasteiger partial charge in [0.15, 0.2) is 5.84 Å². The average molecular weight is 297 g/mol. The minimum atomic E-state index is 0.0570. The molecule has 2 rings (SSSR count). The summed E-state index contributed by atoms with van der Waals surface area (Å²) in [6.45, 7) is 7.22. The molecule has 1 aliphatic rings. The Morgan fingerprint density at radius 2 is 2.05 bits per heavy atom. The lowest BCUT2D eigenvalue weighted by Crippen LogP contribution is -2.47. The van der Waals surface area contributed by atoms with Crippen LogP contribution < -0.4 is 10.6 Å². The molecule has 6 heteroatoms. The van der Waals surface area contributed by atoms with E-state index in [1.165, 1.54) is 6.42 Å². The maximum Gasteiger partial charge on any atom is 0.173 e. The van der Waals surface area contributed by atoms with Gasteiger partial charge in [0.05, 0.1) is 10.6 Å². The Labute approximate surface area is 124 Å². The predicted octanol–water partition coefficient (Wildman–Crippen LogP) is 1.97. The van der Waals surface area contributed by atoms with E-state index >= 15 is 0 Å². The molecule has 1 aromatic rings. The van der Waals surface area contributed by atoms with Crippen molar-refractivity contribution < 1.29 is 5.21 Å². The summed E-state index contributed by atoms with van der Waals surface area (Å²) in [6, 6.07) is 5.62. The summed E-state index contributed by atoms with van der Waals surface area (Å²) >= 11 is 6.19. The van der Waals surface area contributed by atoms with Crippen molar-refractivity contribution in [3.8, 4) is 0 Å². The number of anilines is 1. The third kappa shape index (κ3) is 3.16. The number of amidine groups is 1. The predicted molar refractivity (Wildman–Crippen MR) is 82.9 cm³/mol. The van der Waals surface area contributed by atoms with E-state index in [1.54, 1.807) is 6.07 Å². The van der Waals surface area contributed by atoms with E-state index in [-0.39, 0.29) is 5.84 Å². The van der Waals surface area contributed by atoms with Crippen LogP contribution in [0.5, 0.6) is 0 Å². The van der Waals surface area contributed by atoms with Crippen LogP contribution in [0, 0.1) is 0 Å². The van der Waals surface area contributed by atoms with Crippen molar-refractivity contribution >= 4 is 23.1 Å². The summed E-state index contributed by atoms with van der Waals surface area (Å²) in [5, 5.41) is 12.5. The highest BCUT2D eigenvalue weighted by Crippen LogP contribution is 2.28. The maximum atomic E-state index is 8.93. The highest BCUT2D eigenvalue weighted by Gasteiger charge is 2.21. The molecule has 20 heavy (non-hydrogen) atoms. The largest absolute Gasteiger partial charge is 0.409 e. The number of hydrogen-bond acceptors (Lipinski definition) is 4. The molecule has 0 unspecified atom stereocenters. The van der Waals surface area contributed by atoms with Crippen molar-refractivity contribution in [2.24, 2.45) is 10.9 Å². The van der Waals surface area contributed by atoms with Gasteiger partial charge in [-0.05, 0) is 25.1 Å². The van der Waals surface area contributed by atoms with E-state index in [1.807, 2.05) is 12.1 Å². The lowest BCUT2D eigenvalue weighted by Gasteiger charge is -2.36. The Kier molecular flexibility index (Phi) is 5.09. The van der Waals surface area contributed by atoms with Crippen molar-refractivity contribution in [3.05, 3.63) is 28.8 Å². The van der Waals surface area contributed by atoms with E-state index in [4.69, 9.17) is 22.5 Å². The summed E-state index contributed by atoms with van der Waals surface area (Å²) in [7, 11) is 0. The smallest absolute Gasteiger partial charge is 0.173 e. The van der Waals surface area contributed by atoms with E-state index < -0.39 is 0 Å². The number of oxime groups is 1. The molecule has 0 amide bonds. The number of nitrogens with two attached hydrogens (primary N) is 1. The molecular weight excluding hydrogens is 276 g/mol. The fourth-order valence-electron chi connectivity index (χ4n) is 2.61. The van der Waals surface area contributed by atoms with Crippen LogP contribution in [0.25, 0.3) is 0 Å². The van der Waals surface area contributed by atoms with Gasteiger partial charge < -0.3 is 15.8 Å². The molecule has 1 fully saturated rings. The summed E-state index contributed by atoms with van der Waals surface area (Å²) in [5.41, 5.74) is 7.30. The lowest BCUT2D eigenvalue weighted by atomic mass is 10.1. The monoisotopic (exact) mass is 296 g/mol. The van der Waals surface area contributed by atoms with E-state index in [9.17, 15) is 0 Å². The topological polar surface area (TPSA) is 65.1 Å². The molecule has 0 bridgehead atoms. The first-order chi connectivity index (χ1) is 9.67. The molecule has 0 radical (unpaired) electrons. The van der Waals surface area contributed by atoms with Gasteiger partial charge in [0.25, 0.3) is 0 Å². The minimum absolute atomic E-state index is 0.0570. The van der Waals surface area contributed by atoms with Gasteiger partial charge in [0, 0.05) is 31.9 Å². The molecule has 0 aliphatic carbocycles. The highest BCUT2D eigenvalue weighted by atomic mass is 35.5. The Morgan fingerprint density at radius 1 is 1.35 bits per heavy atom. The molecule has 110 valence electrons. The Balaban J connectivity index is 2.20. The van der Waals surface area contributed by atoms with Crippen LogP contribution in [-0.2, 0) is 0 Å². The molecule has 0 saturated carbocycles. The van der Waals surface area contributed by atoms with Crippen LogP contribution in [0.1, 0.15) is 18.9 Å². The molecule has 0 atom stereocenters. The Morgan fingerprint density at radius 3 is 2.65 bits per heavy atom. The third-order valence-electron chi connectivity index (χ3n) is 3.61. The highest BCUT2D eigenvalue weighted by molar-refractivity contribution is 6.34. The van der Waals surface area contributed by atoms with Gasteiger partial charge in [-0.15, -0.1) is 0 Å². The van der Waals surface area contributed by atoms with Crippen LogP contribution in [0.4, 0.5) is 5.69 Å². The summed E-state index contributed by atoms with van der Waals surface area (Å²) in [4.78, 5) is 4.69. The zero-order valence-electron chi connectivity index (χ0n) is 11.7. The first kappa shape index (κ1) is 14.9. The van der Waals surface area contributed by atoms with Crippen LogP contribution in [-0.4, -0.2) is 48.7 Å². The van der Waals surface area contributed by atoms with E-state index in [0.717, 1.165) is 38.4 Å². The van der Waals surface area contributed by atoms with Gasteiger partial charge in [-0.1, -0.05) is 29.7 Å². The Bertz CT molecular complexity index is 484. The molecule has 5 nitrogen and oxygen atoms in total. The minimum Gasteiger partial charge on any atom is -0.409 e. The number of halogens is 1. The lowest BCUT2D eigenvalue weighted by molar-refractivity contribution is 0.258. The maximum absolute atomic E-state index is 8.93. The number of piperazine rings is 1. The molecule has 0 aromatic heterocycles. The third-order valence-corrected chi connectivity index (χ3v) is 3.92. The van der Waals surface area contributed by atoms with Crippen molar-refractivity contribution in [1.29, 1.82) is 0 Å². The first-order valence-corrected chi connectivity index (χ1v) is 7.29. The zero-order valence-corrected chi connectivity index (χ0v) is 12.5. The second kappa shape index (κ2) is 6.81. The van der Waals surface area contributed by atoms with Crippen LogP contribution in [0.2, 0.25) is 5.02 Å². The summed E-state index contributed by atoms with van der Waals surface area (Å²) < 4.78 is 0. The van der Waals surface area contributed by atoms with Crippen LogP contribution in [0.3, 0.4) is 0 Å². The van der Waals surface area contributed by atoms with Gasteiger partial charge >= 0.3 is 0 Å². The van der Waals surface area contributed by atoms with E-state index in [0.29, 0.717) is 10.6 Å². The normalized spacial score (nSPS) is 17.5. The number of hydrogen-bond donors (Lipinski definition) is 2. The van der Waals surface area contributed by atoms with Crippen molar-refractivity contribution in [1.82, 2.24) is 4.90 Å². The molecule has 1 aliphatic heterocycles. The SMILES string of the molecule is CCCN1CCN(c2cccc(Cl)c2C(N)=NO)CC1. The second-order valence-electron chi connectivity index (χ2n) is 4.95. The molecule has 1 aromatic carbocycles.